The van der Waals surface area contributed by atoms with Gasteiger partial charge >= 0.3 is 0 Å². The SMILES string of the molecule is Cc1c([C@H](C)NCc2cnc(-c3ccc(Cl)cc3)nc2)cnn1-c1cccc(F)c1. The van der Waals surface area contributed by atoms with Gasteiger partial charge in [-0.15, -0.1) is 0 Å². The molecule has 0 unspecified atom stereocenters. The second-order valence-corrected chi connectivity index (χ2v) is 7.54. The number of hydrogen-bond acceptors (Lipinski definition) is 4. The lowest BCUT2D eigenvalue weighted by Crippen LogP contribution is -2.19. The highest BCUT2D eigenvalue weighted by molar-refractivity contribution is 6.30. The van der Waals surface area contributed by atoms with Crippen molar-refractivity contribution in [1.82, 2.24) is 25.1 Å². The van der Waals surface area contributed by atoms with Gasteiger partial charge in [0.1, 0.15) is 5.82 Å². The van der Waals surface area contributed by atoms with E-state index in [-0.39, 0.29) is 11.9 Å². The maximum atomic E-state index is 13.5. The molecule has 0 aliphatic heterocycles. The summed E-state index contributed by atoms with van der Waals surface area (Å²) in [6.07, 6.45) is 5.46. The molecule has 0 fully saturated rings. The van der Waals surface area contributed by atoms with Gasteiger partial charge in [0.05, 0.1) is 11.9 Å². The molecule has 0 saturated heterocycles. The summed E-state index contributed by atoms with van der Waals surface area (Å²) in [6.45, 7) is 4.67. The Morgan fingerprint density at radius 1 is 1.07 bits per heavy atom. The van der Waals surface area contributed by atoms with Crippen LogP contribution in [0.4, 0.5) is 4.39 Å². The van der Waals surface area contributed by atoms with Crippen molar-refractivity contribution in [2.75, 3.05) is 0 Å². The first-order valence-corrected chi connectivity index (χ1v) is 10.00. The molecule has 0 aliphatic carbocycles. The Balaban J connectivity index is 1.42. The van der Waals surface area contributed by atoms with Crippen molar-refractivity contribution in [3.05, 3.63) is 94.8 Å². The molecule has 0 radical (unpaired) electrons. The molecule has 0 spiro atoms. The number of aromatic nitrogens is 4. The fraction of sp³-hybridized carbons (Fsp3) is 0.174. The molecular weight excluding hydrogens is 401 g/mol. The average molecular weight is 422 g/mol. The van der Waals surface area contributed by atoms with Crippen molar-refractivity contribution in [2.24, 2.45) is 0 Å². The van der Waals surface area contributed by atoms with Crippen LogP contribution in [0.15, 0.2) is 67.1 Å². The van der Waals surface area contributed by atoms with Crippen LogP contribution in [0.1, 0.15) is 29.8 Å². The smallest absolute Gasteiger partial charge is 0.159 e. The van der Waals surface area contributed by atoms with E-state index in [0.717, 1.165) is 22.4 Å². The minimum absolute atomic E-state index is 0.0586. The van der Waals surface area contributed by atoms with Crippen LogP contribution in [0.5, 0.6) is 0 Å². The number of benzene rings is 2. The predicted octanol–water partition coefficient (Wildman–Crippen LogP) is 5.28. The summed E-state index contributed by atoms with van der Waals surface area (Å²) in [5.74, 6) is 0.382. The Morgan fingerprint density at radius 3 is 2.50 bits per heavy atom. The number of rotatable bonds is 6. The molecule has 5 nitrogen and oxygen atoms in total. The molecule has 2 aromatic heterocycles. The molecule has 4 aromatic rings. The van der Waals surface area contributed by atoms with Crippen LogP contribution in [0.25, 0.3) is 17.1 Å². The van der Waals surface area contributed by atoms with Gasteiger partial charge in [-0.05, 0) is 56.3 Å². The van der Waals surface area contributed by atoms with Crippen LogP contribution in [0.3, 0.4) is 0 Å². The highest BCUT2D eigenvalue weighted by atomic mass is 35.5. The van der Waals surface area contributed by atoms with Gasteiger partial charge in [0.15, 0.2) is 5.82 Å². The van der Waals surface area contributed by atoms with Crippen molar-refractivity contribution < 1.29 is 4.39 Å². The highest BCUT2D eigenvalue weighted by Gasteiger charge is 2.14. The Labute approximate surface area is 179 Å². The third-order valence-corrected chi connectivity index (χ3v) is 5.24. The van der Waals surface area contributed by atoms with Crippen molar-refractivity contribution in [1.29, 1.82) is 0 Å². The molecule has 0 saturated carbocycles. The molecule has 1 atom stereocenters. The van der Waals surface area contributed by atoms with E-state index >= 15 is 0 Å². The monoisotopic (exact) mass is 421 g/mol. The van der Waals surface area contributed by atoms with Crippen LogP contribution in [0, 0.1) is 12.7 Å². The van der Waals surface area contributed by atoms with Crippen LogP contribution >= 0.6 is 11.6 Å². The van der Waals surface area contributed by atoms with E-state index < -0.39 is 0 Å². The van der Waals surface area contributed by atoms with Gasteiger partial charge in [0, 0.05) is 52.4 Å². The standard InChI is InChI=1S/C23H21ClFN5/c1-15(22-14-29-30(16(22)2)21-5-3-4-20(25)10-21)26-11-17-12-27-23(28-13-17)18-6-8-19(24)9-7-18/h3-10,12-15,26H,11H2,1-2H3/t15-/m0/s1. The lowest BCUT2D eigenvalue weighted by Gasteiger charge is -2.14. The van der Waals surface area contributed by atoms with E-state index in [1.165, 1.54) is 12.1 Å². The van der Waals surface area contributed by atoms with E-state index in [1.54, 1.807) is 10.7 Å². The van der Waals surface area contributed by atoms with E-state index in [0.29, 0.717) is 23.1 Å². The molecule has 2 aromatic carbocycles. The Morgan fingerprint density at radius 2 is 1.80 bits per heavy atom. The van der Waals surface area contributed by atoms with Crippen LogP contribution < -0.4 is 5.32 Å². The number of hydrogen-bond donors (Lipinski definition) is 1. The molecule has 0 amide bonds. The van der Waals surface area contributed by atoms with Gasteiger partial charge in [-0.25, -0.2) is 19.0 Å². The largest absolute Gasteiger partial charge is 0.306 e. The van der Waals surface area contributed by atoms with Crippen molar-refractivity contribution in [2.45, 2.75) is 26.4 Å². The second kappa shape index (κ2) is 8.73. The first-order valence-electron chi connectivity index (χ1n) is 9.62. The second-order valence-electron chi connectivity index (χ2n) is 7.10. The summed E-state index contributed by atoms with van der Waals surface area (Å²) in [7, 11) is 0. The summed E-state index contributed by atoms with van der Waals surface area (Å²) in [4.78, 5) is 8.91. The van der Waals surface area contributed by atoms with Gasteiger partial charge < -0.3 is 5.32 Å². The number of nitrogens with one attached hydrogen (secondary N) is 1. The summed E-state index contributed by atoms with van der Waals surface area (Å²) in [6, 6.07) is 13.9. The normalized spacial score (nSPS) is 12.1. The van der Waals surface area contributed by atoms with E-state index in [9.17, 15) is 4.39 Å². The maximum Gasteiger partial charge on any atom is 0.159 e. The molecule has 1 N–H and O–H groups in total. The summed E-state index contributed by atoms with van der Waals surface area (Å²) < 4.78 is 15.3. The third-order valence-electron chi connectivity index (χ3n) is 4.99. The van der Waals surface area contributed by atoms with Crippen LogP contribution in [-0.4, -0.2) is 19.7 Å². The van der Waals surface area contributed by atoms with Crippen LogP contribution in [-0.2, 0) is 6.54 Å². The molecule has 0 bridgehead atoms. The average Bonchev–Trinajstić information content (AvgIpc) is 3.14. The molecular formula is C23H21ClFN5. The minimum atomic E-state index is -0.280. The maximum absolute atomic E-state index is 13.5. The Kier molecular flexibility index (Phi) is 5.88. The lowest BCUT2D eigenvalue weighted by molar-refractivity contribution is 0.570. The fourth-order valence-electron chi connectivity index (χ4n) is 3.29. The summed E-state index contributed by atoms with van der Waals surface area (Å²) in [5, 5.41) is 8.59. The minimum Gasteiger partial charge on any atom is -0.306 e. The molecule has 2 heterocycles. The van der Waals surface area contributed by atoms with Gasteiger partial charge in [0.2, 0.25) is 0 Å². The molecule has 4 rings (SSSR count). The number of nitrogens with zero attached hydrogens (tertiary/aromatic N) is 4. The zero-order valence-electron chi connectivity index (χ0n) is 16.7. The quantitative estimate of drug-likeness (QED) is 0.460. The third kappa shape index (κ3) is 4.40. The summed E-state index contributed by atoms with van der Waals surface area (Å²) in [5.41, 5.74) is 4.63. The number of halogens is 2. The zero-order valence-corrected chi connectivity index (χ0v) is 17.4. The topological polar surface area (TPSA) is 55.6 Å². The van der Waals surface area contributed by atoms with E-state index in [2.05, 4.69) is 27.3 Å². The molecule has 152 valence electrons. The fourth-order valence-corrected chi connectivity index (χ4v) is 3.42. The van der Waals surface area contributed by atoms with Gasteiger partial charge in [0.25, 0.3) is 0 Å². The first kappa shape index (κ1) is 20.2. The molecule has 30 heavy (non-hydrogen) atoms. The lowest BCUT2D eigenvalue weighted by atomic mass is 10.1. The van der Waals surface area contributed by atoms with Gasteiger partial charge in [-0.2, -0.15) is 5.10 Å². The predicted molar refractivity (Wildman–Crippen MR) is 116 cm³/mol. The Bertz CT molecular complexity index is 1140. The zero-order chi connectivity index (χ0) is 21.1. The highest BCUT2D eigenvalue weighted by Crippen LogP contribution is 2.21. The van der Waals surface area contributed by atoms with Gasteiger partial charge in [-0.3, -0.25) is 0 Å². The van der Waals surface area contributed by atoms with Crippen molar-refractivity contribution in [3.8, 4) is 17.1 Å². The van der Waals surface area contributed by atoms with E-state index in [4.69, 9.17) is 11.6 Å². The van der Waals surface area contributed by atoms with Crippen LogP contribution in [0.2, 0.25) is 5.02 Å². The van der Waals surface area contributed by atoms with Crippen molar-refractivity contribution >= 4 is 11.6 Å². The molecule has 7 heteroatoms. The molecule has 0 aliphatic rings. The summed E-state index contributed by atoms with van der Waals surface area (Å²) >= 11 is 5.93. The first-order chi connectivity index (χ1) is 14.5. The van der Waals surface area contributed by atoms with Gasteiger partial charge in [-0.1, -0.05) is 17.7 Å². The van der Waals surface area contributed by atoms with E-state index in [1.807, 2.05) is 55.8 Å². The Hall–Kier alpha value is -3.09. The van der Waals surface area contributed by atoms with Crippen molar-refractivity contribution in [3.63, 3.8) is 0 Å².